The van der Waals surface area contributed by atoms with Gasteiger partial charge < -0.3 is 0 Å². The van der Waals surface area contributed by atoms with E-state index in [9.17, 15) is 10.1 Å². The summed E-state index contributed by atoms with van der Waals surface area (Å²) in [6.07, 6.45) is 0. The van der Waals surface area contributed by atoms with Crippen LogP contribution in [0.1, 0.15) is 0 Å². The van der Waals surface area contributed by atoms with Crippen molar-refractivity contribution in [3.05, 3.63) is 22.2 Å². The Labute approximate surface area is 97.4 Å². The molecule has 2 rings (SSSR count). The summed E-state index contributed by atoms with van der Waals surface area (Å²) in [4.78, 5) is 17.2. The molecule has 0 fully saturated rings. The fraction of sp³-hybridized carbons (Fsp3) is 0.400. The van der Waals surface area contributed by atoms with Crippen molar-refractivity contribution < 1.29 is 14.4 Å². The van der Waals surface area contributed by atoms with Gasteiger partial charge in [0.25, 0.3) is 0 Å². The first-order valence-corrected chi connectivity index (χ1v) is 15.0. The number of ether oxygens (including phenoxy) is 2. The molecule has 86 valence electrons. The molecule has 0 bridgehead atoms. The van der Waals surface area contributed by atoms with E-state index >= 15 is 0 Å². The Balaban J connectivity index is 2.68. The van der Waals surface area contributed by atoms with Crippen molar-refractivity contribution in [3.8, 4) is 11.5 Å². The monoisotopic (exact) mass is 331 g/mol. The molecular weight excluding hydrogens is 317 g/mol. The second kappa shape index (κ2) is 3.80. The number of hydrogen-bond donors (Lipinski definition) is 0. The van der Waals surface area contributed by atoms with Crippen LogP contribution in [0.4, 0.5) is 5.69 Å². The van der Waals surface area contributed by atoms with E-state index < -0.39 is 18.4 Å². The summed E-state index contributed by atoms with van der Waals surface area (Å²) in [6.45, 7) is 0.0687. The quantitative estimate of drug-likeness (QED) is 0.472. The molecule has 0 saturated carbocycles. The van der Waals surface area contributed by atoms with E-state index in [1.807, 2.05) is 6.07 Å². The predicted molar refractivity (Wildman–Crippen MR) is 62.2 cm³/mol. The standard InChI is InChI=1S/C7H4NO4.3CH3.Sn/c9-8(10)5-2-1-3-6-7(5)12-4-11-6;;;;/h1,3H,4H2;3*1H3;. The molecule has 0 unspecified atom stereocenters. The minimum atomic E-state index is -2.51. The summed E-state index contributed by atoms with van der Waals surface area (Å²) in [5.74, 6) is 0.778. The first-order valence-electron chi connectivity index (χ1n) is 4.99. The molecule has 0 atom stereocenters. The zero-order chi connectivity index (χ0) is 11.9. The molecule has 0 radical (unpaired) electrons. The van der Waals surface area contributed by atoms with Crippen molar-refractivity contribution in [2.24, 2.45) is 0 Å². The summed E-state index contributed by atoms with van der Waals surface area (Å²) in [6, 6.07) is 3.59. The molecule has 1 aliphatic heterocycles. The van der Waals surface area contributed by atoms with E-state index in [0.29, 0.717) is 11.5 Å². The van der Waals surface area contributed by atoms with Gasteiger partial charge in [0.2, 0.25) is 0 Å². The topological polar surface area (TPSA) is 61.6 Å². The maximum atomic E-state index is 11.1. The van der Waals surface area contributed by atoms with Crippen LogP contribution in [0.3, 0.4) is 0 Å². The average Bonchev–Trinajstić information content (AvgIpc) is 2.61. The zero-order valence-electron chi connectivity index (χ0n) is 9.44. The van der Waals surface area contributed by atoms with Gasteiger partial charge in [-0.3, -0.25) is 0 Å². The second-order valence-electron chi connectivity index (χ2n) is 4.70. The predicted octanol–water partition coefficient (Wildman–Crippen LogP) is 1.87. The van der Waals surface area contributed by atoms with Crippen LogP contribution >= 0.6 is 0 Å². The number of nitro groups is 1. The molecule has 1 aliphatic rings. The Hall–Kier alpha value is -0.981. The van der Waals surface area contributed by atoms with Crippen molar-refractivity contribution in [1.82, 2.24) is 0 Å². The van der Waals surface area contributed by atoms with Gasteiger partial charge in [0, 0.05) is 0 Å². The Morgan fingerprint density at radius 2 is 2.00 bits per heavy atom. The number of rotatable bonds is 2. The Morgan fingerprint density at radius 1 is 1.31 bits per heavy atom. The van der Waals surface area contributed by atoms with Gasteiger partial charge in [0.05, 0.1) is 0 Å². The van der Waals surface area contributed by atoms with Gasteiger partial charge in [0.15, 0.2) is 0 Å². The summed E-state index contributed by atoms with van der Waals surface area (Å²) >= 11 is -2.51. The maximum absolute atomic E-state index is 11.1. The van der Waals surface area contributed by atoms with Crippen LogP contribution in [-0.4, -0.2) is 30.1 Å². The Bertz CT molecular complexity index is 453. The molecule has 1 aromatic carbocycles. The first-order chi connectivity index (χ1) is 7.41. The molecular formula is C10H13NO4Sn. The molecule has 0 aliphatic carbocycles. The van der Waals surface area contributed by atoms with Crippen LogP contribution in [0.25, 0.3) is 0 Å². The molecule has 0 aromatic heterocycles. The van der Waals surface area contributed by atoms with Crippen LogP contribution in [-0.2, 0) is 0 Å². The summed E-state index contributed by atoms with van der Waals surface area (Å²) in [5.41, 5.74) is 0.110. The van der Waals surface area contributed by atoms with Gasteiger partial charge >= 0.3 is 97.4 Å². The van der Waals surface area contributed by atoms with Gasteiger partial charge in [-0.15, -0.1) is 0 Å². The second-order valence-corrected chi connectivity index (χ2v) is 19.1. The van der Waals surface area contributed by atoms with Crippen LogP contribution < -0.4 is 13.1 Å². The van der Waals surface area contributed by atoms with E-state index in [1.165, 1.54) is 0 Å². The van der Waals surface area contributed by atoms with Gasteiger partial charge in [-0.05, 0) is 0 Å². The Morgan fingerprint density at radius 3 is 2.56 bits per heavy atom. The van der Waals surface area contributed by atoms with Crippen molar-refractivity contribution >= 4 is 27.6 Å². The number of nitro benzene ring substituents is 1. The van der Waals surface area contributed by atoms with Gasteiger partial charge in [-0.1, -0.05) is 0 Å². The molecule has 0 saturated heterocycles. The van der Waals surface area contributed by atoms with Crippen molar-refractivity contribution in [1.29, 1.82) is 0 Å². The molecule has 5 nitrogen and oxygen atoms in total. The van der Waals surface area contributed by atoms with Gasteiger partial charge in [0.1, 0.15) is 0 Å². The molecule has 0 N–H and O–H groups in total. The van der Waals surface area contributed by atoms with Gasteiger partial charge in [-0.2, -0.15) is 0 Å². The molecule has 0 spiro atoms. The third-order valence-corrected chi connectivity index (χ3v) is 8.27. The third kappa shape index (κ3) is 1.83. The fourth-order valence-electron chi connectivity index (χ4n) is 1.74. The van der Waals surface area contributed by atoms with Crippen molar-refractivity contribution in [2.45, 2.75) is 14.8 Å². The van der Waals surface area contributed by atoms with E-state index in [1.54, 1.807) is 6.07 Å². The molecule has 1 heterocycles. The van der Waals surface area contributed by atoms with Crippen LogP contribution in [0, 0.1) is 10.1 Å². The zero-order valence-corrected chi connectivity index (χ0v) is 12.3. The van der Waals surface area contributed by atoms with Crippen LogP contribution in [0.2, 0.25) is 14.8 Å². The molecule has 1 aromatic rings. The molecule has 6 heteroatoms. The first kappa shape index (κ1) is 11.5. The summed E-state index contributed by atoms with van der Waals surface area (Å²) < 4.78 is 11.2. The fourth-order valence-corrected chi connectivity index (χ4v) is 6.02. The molecule has 0 amide bonds. The van der Waals surface area contributed by atoms with E-state index in [0.717, 1.165) is 3.58 Å². The third-order valence-electron chi connectivity index (χ3n) is 2.50. The molecule has 16 heavy (non-hydrogen) atoms. The van der Waals surface area contributed by atoms with Crippen LogP contribution in [0.5, 0.6) is 11.5 Å². The SMILES string of the molecule is [CH3][Sn]([CH3])([CH3])[c]1ccc2c(c1[N+](=O)[O-])OCO2. The Kier molecular flexibility index (Phi) is 2.73. The average molecular weight is 330 g/mol. The summed E-state index contributed by atoms with van der Waals surface area (Å²) in [5, 5.41) is 11.1. The van der Waals surface area contributed by atoms with Gasteiger partial charge in [-0.25, -0.2) is 0 Å². The number of hydrogen-bond acceptors (Lipinski definition) is 4. The van der Waals surface area contributed by atoms with Crippen molar-refractivity contribution in [2.75, 3.05) is 6.79 Å². The minimum absolute atomic E-state index is 0.0687. The van der Waals surface area contributed by atoms with E-state index in [4.69, 9.17) is 9.47 Å². The number of nitrogens with zero attached hydrogens (tertiary/aromatic N) is 1. The number of benzene rings is 1. The number of fused-ring (bicyclic) bond motifs is 1. The normalized spacial score (nSPS) is 13.9. The van der Waals surface area contributed by atoms with E-state index in [-0.39, 0.29) is 17.4 Å². The van der Waals surface area contributed by atoms with Crippen molar-refractivity contribution in [3.63, 3.8) is 0 Å². The van der Waals surface area contributed by atoms with E-state index in [2.05, 4.69) is 14.8 Å². The van der Waals surface area contributed by atoms with Crippen LogP contribution in [0.15, 0.2) is 12.1 Å². The summed E-state index contributed by atoms with van der Waals surface area (Å²) in [7, 11) is 0.